The summed E-state index contributed by atoms with van der Waals surface area (Å²) in [4.78, 5) is 16.7. The monoisotopic (exact) mass is 298 g/mol. The maximum absolute atomic E-state index is 13.7. The first-order valence-corrected chi connectivity index (χ1v) is 7.00. The molecule has 0 amide bonds. The van der Waals surface area contributed by atoms with Crippen molar-refractivity contribution < 1.29 is 9.13 Å². The fourth-order valence-electron chi connectivity index (χ4n) is 2.30. The Labute approximate surface area is 126 Å². The first kappa shape index (κ1) is 14.3. The second kappa shape index (κ2) is 5.60. The number of nitrogens with zero attached hydrogens (tertiary/aromatic N) is 2. The molecule has 0 aliphatic rings. The summed E-state index contributed by atoms with van der Waals surface area (Å²) >= 11 is 0. The van der Waals surface area contributed by atoms with E-state index in [1.807, 2.05) is 26.0 Å². The average Bonchev–Trinajstić information content (AvgIpc) is 2.49. The SMILES string of the molecule is CC(C)Oc1ccccc1-n1cnc2c(F)cccc2c1=O. The van der Waals surface area contributed by atoms with Crippen LogP contribution in [-0.2, 0) is 0 Å². The van der Waals surface area contributed by atoms with Gasteiger partial charge in [-0.1, -0.05) is 18.2 Å². The molecule has 0 saturated carbocycles. The highest BCUT2D eigenvalue weighted by Crippen LogP contribution is 2.23. The molecular weight excluding hydrogens is 283 g/mol. The van der Waals surface area contributed by atoms with E-state index in [4.69, 9.17) is 4.74 Å². The van der Waals surface area contributed by atoms with Crippen molar-refractivity contribution in [2.24, 2.45) is 0 Å². The molecule has 1 aromatic heterocycles. The van der Waals surface area contributed by atoms with E-state index in [0.717, 1.165) is 0 Å². The zero-order chi connectivity index (χ0) is 15.7. The van der Waals surface area contributed by atoms with Crippen molar-refractivity contribution in [2.75, 3.05) is 0 Å². The number of benzene rings is 2. The molecule has 1 heterocycles. The summed E-state index contributed by atoms with van der Waals surface area (Å²) in [5, 5.41) is 0.238. The van der Waals surface area contributed by atoms with E-state index < -0.39 is 5.82 Å². The minimum absolute atomic E-state index is 0.0253. The molecule has 112 valence electrons. The van der Waals surface area contributed by atoms with Crippen LogP contribution in [-0.4, -0.2) is 15.7 Å². The van der Waals surface area contributed by atoms with Crippen LogP contribution in [0.2, 0.25) is 0 Å². The quantitative estimate of drug-likeness (QED) is 0.745. The van der Waals surface area contributed by atoms with Crippen LogP contribution in [0.25, 0.3) is 16.6 Å². The molecule has 0 aliphatic heterocycles. The molecule has 0 bridgehead atoms. The summed E-state index contributed by atoms with van der Waals surface area (Å²) in [5.41, 5.74) is 0.329. The Morgan fingerprint density at radius 1 is 1.14 bits per heavy atom. The number of halogens is 1. The molecule has 2 aromatic carbocycles. The molecule has 4 nitrogen and oxygen atoms in total. The zero-order valence-electron chi connectivity index (χ0n) is 12.3. The van der Waals surface area contributed by atoms with Crippen molar-refractivity contribution >= 4 is 10.9 Å². The molecule has 0 N–H and O–H groups in total. The van der Waals surface area contributed by atoms with Crippen molar-refractivity contribution in [3.05, 3.63) is 65.0 Å². The van der Waals surface area contributed by atoms with E-state index in [2.05, 4.69) is 4.98 Å². The minimum atomic E-state index is -0.506. The van der Waals surface area contributed by atoms with Crippen molar-refractivity contribution in [1.29, 1.82) is 0 Å². The lowest BCUT2D eigenvalue weighted by Gasteiger charge is -2.15. The molecule has 0 unspecified atom stereocenters. The number of para-hydroxylation sites is 3. The van der Waals surface area contributed by atoms with Crippen LogP contribution in [0.1, 0.15) is 13.8 Å². The highest BCUT2D eigenvalue weighted by Gasteiger charge is 2.12. The third-order valence-electron chi connectivity index (χ3n) is 3.23. The first-order chi connectivity index (χ1) is 10.6. The van der Waals surface area contributed by atoms with Crippen LogP contribution in [0.3, 0.4) is 0 Å². The summed E-state index contributed by atoms with van der Waals surface area (Å²) in [6.07, 6.45) is 1.30. The van der Waals surface area contributed by atoms with Gasteiger partial charge < -0.3 is 4.74 Å². The van der Waals surface area contributed by atoms with Gasteiger partial charge in [0.15, 0.2) is 0 Å². The van der Waals surface area contributed by atoms with E-state index in [9.17, 15) is 9.18 Å². The van der Waals surface area contributed by atoms with Gasteiger partial charge in [0, 0.05) is 0 Å². The third kappa shape index (κ3) is 2.45. The normalized spacial score (nSPS) is 11.1. The first-order valence-electron chi connectivity index (χ1n) is 7.00. The van der Waals surface area contributed by atoms with Crippen LogP contribution < -0.4 is 10.3 Å². The Morgan fingerprint density at radius 3 is 2.68 bits per heavy atom. The van der Waals surface area contributed by atoms with Crippen LogP contribution in [0, 0.1) is 5.82 Å². The molecule has 0 fully saturated rings. The lowest BCUT2D eigenvalue weighted by atomic mass is 10.2. The summed E-state index contributed by atoms with van der Waals surface area (Å²) in [6, 6.07) is 11.6. The van der Waals surface area contributed by atoms with Gasteiger partial charge in [-0.25, -0.2) is 9.37 Å². The van der Waals surface area contributed by atoms with Crippen LogP contribution >= 0.6 is 0 Å². The zero-order valence-corrected chi connectivity index (χ0v) is 12.3. The molecule has 0 atom stereocenters. The number of fused-ring (bicyclic) bond motifs is 1. The molecule has 3 rings (SSSR count). The summed E-state index contributed by atoms with van der Waals surface area (Å²) in [5.74, 6) is 0.0746. The van der Waals surface area contributed by atoms with E-state index in [-0.39, 0.29) is 22.6 Å². The van der Waals surface area contributed by atoms with Gasteiger partial charge in [0.2, 0.25) is 0 Å². The fraction of sp³-hybridized carbons (Fsp3) is 0.176. The van der Waals surface area contributed by atoms with Gasteiger partial charge in [0.05, 0.1) is 17.2 Å². The highest BCUT2D eigenvalue weighted by molar-refractivity contribution is 5.78. The third-order valence-corrected chi connectivity index (χ3v) is 3.23. The number of hydrogen-bond acceptors (Lipinski definition) is 3. The largest absolute Gasteiger partial charge is 0.489 e. The molecule has 0 aliphatic carbocycles. The Balaban J connectivity index is 2.24. The van der Waals surface area contributed by atoms with Gasteiger partial charge in [-0.15, -0.1) is 0 Å². The Morgan fingerprint density at radius 2 is 1.91 bits per heavy atom. The smallest absolute Gasteiger partial charge is 0.265 e. The lowest BCUT2D eigenvalue weighted by molar-refractivity contribution is 0.241. The number of aromatic nitrogens is 2. The van der Waals surface area contributed by atoms with Gasteiger partial charge in [0.1, 0.15) is 23.4 Å². The summed E-state index contributed by atoms with van der Waals surface area (Å²) in [6.45, 7) is 3.82. The molecule has 3 aromatic rings. The van der Waals surface area contributed by atoms with Gasteiger partial charge in [-0.05, 0) is 38.1 Å². The van der Waals surface area contributed by atoms with Crippen molar-refractivity contribution in [1.82, 2.24) is 9.55 Å². The topological polar surface area (TPSA) is 44.1 Å². The predicted octanol–water partition coefficient (Wildman–Crippen LogP) is 3.31. The maximum Gasteiger partial charge on any atom is 0.265 e. The molecule has 22 heavy (non-hydrogen) atoms. The van der Waals surface area contributed by atoms with Crippen molar-refractivity contribution in [3.63, 3.8) is 0 Å². The second-order valence-corrected chi connectivity index (χ2v) is 5.19. The fourth-order valence-corrected chi connectivity index (χ4v) is 2.30. The van der Waals surface area contributed by atoms with E-state index in [1.165, 1.54) is 23.0 Å². The summed E-state index contributed by atoms with van der Waals surface area (Å²) < 4.78 is 20.8. The number of ether oxygens (including phenoxy) is 1. The standard InChI is InChI=1S/C17H15FN2O2/c1-11(2)22-15-9-4-3-8-14(15)20-10-19-16-12(17(20)21)6-5-7-13(16)18/h3-11H,1-2H3. The Hall–Kier alpha value is -2.69. The molecular formula is C17H15FN2O2. The lowest BCUT2D eigenvalue weighted by Crippen LogP contribution is -2.20. The van der Waals surface area contributed by atoms with Crippen LogP contribution in [0.15, 0.2) is 53.6 Å². The van der Waals surface area contributed by atoms with Gasteiger partial charge in [-0.3, -0.25) is 9.36 Å². The van der Waals surface area contributed by atoms with Crippen molar-refractivity contribution in [3.8, 4) is 11.4 Å². The average molecular weight is 298 g/mol. The van der Waals surface area contributed by atoms with Crippen LogP contribution in [0.4, 0.5) is 4.39 Å². The van der Waals surface area contributed by atoms with E-state index >= 15 is 0 Å². The highest BCUT2D eigenvalue weighted by atomic mass is 19.1. The molecule has 0 radical (unpaired) electrons. The van der Waals surface area contributed by atoms with Crippen LogP contribution in [0.5, 0.6) is 5.75 Å². The van der Waals surface area contributed by atoms with E-state index in [1.54, 1.807) is 18.2 Å². The molecule has 0 spiro atoms. The van der Waals surface area contributed by atoms with Gasteiger partial charge in [-0.2, -0.15) is 0 Å². The summed E-state index contributed by atoms with van der Waals surface area (Å²) in [7, 11) is 0. The minimum Gasteiger partial charge on any atom is -0.489 e. The number of rotatable bonds is 3. The van der Waals surface area contributed by atoms with Gasteiger partial charge in [0.25, 0.3) is 5.56 Å². The van der Waals surface area contributed by atoms with E-state index in [0.29, 0.717) is 11.4 Å². The van der Waals surface area contributed by atoms with Gasteiger partial charge >= 0.3 is 0 Å². The maximum atomic E-state index is 13.7. The second-order valence-electron chi connectivity index (χ2n) is 5.19. The van der Waals surface area contributed by atoms with Crippen molar-refractivity contribution in [2.45, 2.75) is 20.0 Å². The predicted molar refractivity (Wildman–Crippen MR) is 83.1 cm³/mol. The Bertz CT molecular complexity index is 887. The molecule has 0 saturated heterocycles. The Kier molecular flexibility index (Phi) is 3.63. The number of hydrogen-bond donors (Lipinski definition) is 0. The molecule has 5 heteroatoms.